The smallest absolute Gasteiger partial charge is 0.275 e. The van der Waals surface area contributed by atoms with E-state index in [1.54, 1.807) is 7.05 Å². The molecule has 8 heteroatoms. The van der Waals surface area contributed by atoms with Crippen LogP contribution < -0.4 is 5.14 Å². The molecule has 120 valence electrons. The number of rotatable bonds is 7. The molecule has 0 aromatic carbocycles. The number of nitrogens with one attached hydrogen (secondary N) is 1. The second kappa shape index (κ2) is 7.04. The van der Waals surface area contributed by atoms with Gasteiger partial charge in [-0.1, -0.05) is 27.2 Å². The van der Waals surface area contributed by atoms with Crippen molar-refractivity contribution in [2.24, 2.45) is 11.1 Å². The van der Waals surface area contributed by atoms with Gasteiger partial charge >= 0.3 is 0 Å². The SMILES string of the molecule is CCCc1[nH]nc(C(=O)N(C)CCC(C)C)c1S(N)(=O)=O. The molecule has 1 aromatic rings. The van der Waals surface area contributed by atoms with E-state index in [0.717, 1.165) is 12.8 Å². The molecule has 0 spiro atoms. The first kappa shape index (κ1) is 17.6. The number of amides is 1. The van der Waals surface area contributed by atoms with Gasteiger partial charge in [-0.15, -0.1) is 0 Å². The van der Waals surface area contributed by atoms with Crippen molar-refractivity contribution in [1.29, 1.82) is 0 Å². The summed E-state index contributed by atoms with van der Waals surface area (Å²) in [6, 6.07) is 0. The molecule has 0 bridgehead atoms. The van der Waals surface area contributed by atoms with Crippen molar-refractivity contribution in [2.75, 3.05) is 13.6 Å². The van der Waals surface area contributed by atoms with Crippen molar-refractivity contribution in [3.63, 3.8) is 0 Å². The number of hydrogen-bond donors (Lipinski definition) is 2. The van der Waals surface area contributed by atoms with Crippen LogP contribution in [0, 0.1) is 5.92 Å². The van der Waals surface area contributed by atoms with Gasteiger partial charge in [0, 0.05) is 13.6 Å². The van der Waals surface area contributed by atoms with E-state index in [4.69, 9.17) is 5.14 Å². The Balaban J connectivity index is 3.10. The monoisotopic (exact) mass is 316 g/mol. The molecule has 0 aliphatic carbocycles. The van der Waals surface area contributed by atoms with Crippen LogP contribution in [-0.2, 0) is 16.4 Å². The zero-order chi connectivity index (χ0) is 16.2. The summed E-state index contributed by atoms with van der Waals surface area (Å²) in [4.78, 5) is 13.7. The van der Waals surface area contributed by atoms with Crippen LogP contribution in [0.5, 0.6) is 0 Å². The Morgan fingerprint density at radius 1 is 1.43 bits per heavy atom. The van der Waals surface area contributed by atoms with Gasteiger partial charge in [0.2, 0.25) is 10.0 Å². The highest BCUT2D eigenvalue weighted by Gasteiger charge is 2.28. The highest BCUT2D eigenvalue weighted by atomic mass is 32.2. The number of primary sulfonamides is 1. The van der Waals surface area contributed by atoms with Gasteiger partial charge in [0.15, 0.2) is 5.69 Å². The molecule has 1 rings (SSSR count). The number of carbonyl (C=O) groups is 1. The summed E-state index contributed by atoms with van der Waals surface area (Å²) in [7, 11) is -2.36. The molecule has 0 fully saturated rings. The maximum absolute atomic E-state index is 12.4. The lowest BCUT2D eigenvalue weighted by Crippen LogP contribution is -2.30. The molecule has 0 unspecified atom stereocenters. The first-order valence-corrected chi connectivity index (χ1v) is 8.58. The third-order valence-corrected chi connectivity index (χ3v) is 4.18. The zero-order valence-electron chi connectivity index (χ0n) is 13.0. The number of H-pyrrole nitrogens is 1. The molecule has 7 nitrogen and oxygen atoms in total. The fourth-order valence-electron chi connectivity index (χ4n) is 1.97. The number of sulfonamides is 1. The zero-order valence-corrected chi connectivity index (χ0v) is 13.8. The molecule has 0 aliphatic heterocycles. The Hall–Kier alpha value is -1.41. The molecule has 0 saturated carbocycles. The van der Waals surface area contributed by atoms with Crippen molar-refractivity contribution in [3.8, 4) is 0 Å². The quantitative estimate of drug-likeness (QED) is 0.785. The molecule has 0 saturated heterocycles. The molecule has 1 amide bonds. The average Bonchev–Trinajstić information content (AvgIpc) is 2.79. The van der Waals surface area contributed by atoms with Crippen molar-refractivity contribution in [2.45, 2.75) is 44.9 Å². The summed E-state index contributed by atoms with van der Waals surface area (Å²) in [5, 5.41) is 11.7. The van der Waals surface area contributed by atoms with E-state index >= 15 is 0 Å². The standard InChI is InChI=1S/C13H24N4O3S/c1-5-6-10-12(21(14,19)20)11(16-15-10)13(18)17(4)8-7-9(2)3/h9H,5-8H2,1-4H3,(H,15,16)(H2,14,19,20). The minimum absolute atomic E-state index is 0.118. The number of aromatic nitrogens is 2. The van der Waals surface area contributed by atoms with Crippen LogP contribution >= 0.6 is 0 Å². The Morgan fingerprint density at radius 3 is 2.52 bits per heavy atom. The van der Waals surface area contributed by atoms with Crippen LogP contribution in [0.1, 0.15) is 49.8 Å². The maximum Gasteiger partial charge on any atom is 0.275 e. The number of carbonyl (C=O) groups excluding carboxylic acids is 1. The van der Waals surface area contributed by atoms with Gasteiger partial charge < -0.3 is 4.90 Å². The third-order valence-electron chi connectivity index (χ3n) is 3.17. The topological polar surface area (TPSA) is 109 Å². The van der Waals surface area contributed by atoms with Crippen molar-refractivity contribution in [1.82, 2.24) is 15.1 Å². The van der Waals surface area contributed by atoms with Crippen molar-refractivity contribution < 1.29 is 13.2 Å². The van der Waals surface area contributed by atoms with E-state index in [2.05, 4.69) is 24.0 Å². The van der Waals surface area contributed by atoms with Crippen LogP contribution in [0.4, 0.5) is 0 Å². The van der Waals surface area contributed by atoms with E-state index in [0.29, 0.717) is 24.6 Å². The maximum atomic E-state index is 12.4. The number of hydrogen-bond acceptors (Lipinski definition) is 4. The van der Waals surface area contributed by atoms with Crippen LogP contribution in [0.25, 0.3) is 0 Å². The highest BCUT2D eigenvalue weighted by Crippen LogP contribution is 2.19. The Bertz CT molecular complexity index is 593. The number of nitrogens with two attached hydrogens (primary N) is 1. The Morgan fingerprint density at radius 2 is 2.05 bits per heavy atom. The fourth-order valence-corrected chi connectivity index (χ4v) is 2.87. The Kier molecular flexibility index (Phi) is 5.91. The minimum Gasteiger partial charge on any atom is -0.340 e. The first-order chi connectivity index (χ1) is 9.68. The normalized spacial score (nSPS) is 11.9. The lowest BCUT2D eigenvalue weighted by molar-refractivity contribution is 0.0779. The molecule has 0 atom stereocenters. The summed E-state index contributed by atoms with van der Waals surface area (Å²) >= 11 is 0. The van der Waals surface area contributed by atoms with Gasteiger partial charge in [0.25, 0.3) is 5.91 Å². The van der Waals surface area contributed by atoms with Crippen LogP contribution in [0.15, 0.2) is 4.90 Å². The second-order valence-electron chi connectivity index (χ2n) is 5.58. The minimum atomic E-state index is -3.99. The lowest BCUT2D eigenvalue weighted by Gasteiger charge is -2.17. The van der Waals surface area contributed by atoms with E-state index in [1.165, 1.54) is 4.90 Å². The van der Waals surface area contributed by atoms with E-state index in [9.17, 15) is 13.2 Å². The number of nitrogens with zero attached hydrogens (tertiary/aromatic N) is 2. The first-order valence-electron chi connectivity index (χ1n) is 7.04. The van der Waals surface area contributed by atoms with Crippen LogP contribution in [-0.4, -0.2) is 43.0 Å². The molecular weight excluding hydrogens is 292 g/mol. The van der Waals surface area contributed by atoms with Crippen molar-refractivity contribution >= 4 is 15.9 Å². The summed E-state index contributed by atoms with van der Waals surface area (Å²) in [5.41, 5.74) is 0.271. The number of aromatic amines is 1. The second-order valence-corrected chi connectivity index (χ2v) is 7.08. The van der Waals surface area contributed by atoms with Gasteiger partial charge in [-0.25, -0.2) is 13.6 Å². The molecule has 3 N–H and O–H groups in total. The predicted molar refractivity (Wildman–Crippen MR) is 80.4 cm³/mol. The summed E-state index contributed by atoms with van der Waals surface area (Å²) in [6.45, 7) is 6.56. The molecular formula is C13H24N4O3S. The van der Waals surface area contributed by atoms with Crippen molar-refractivity contribution in [3.05, 3.63) is 11.4 Å². The molecule has 1 heterocycles. The van der Waals surface area contributed by atoms with Crippen LogP contribution in [0.2, 0.25) is 0 Å². The van der Waals surface area contributed by atoms with E-state index in [1.807, 2.05) is 6.92 Å². The van der Waals surface area contributed by atoms with Gasteiger partial charge in [0.1, 0.15) is 4.90 Å². The Labute approximate surface area is 126 Å². The van der Waals surface area contributed by atoms with E-state index in [-0.39, 0.29) is 10.6 Å². The third kappa shape index (κ3) is 4.53. The van der Waals surface area contributed by atoms with E-state index < -0.39 is 15.9 Å². The van der Waals surface area contributed by atoms with Gasteiger partial charge in [-0.3, -0.25) is 9.89 Å². The molecule has 0 radical (unpaired) electrons. The fraction of sp³-hybridized carbons (Fsp3) is 0.692. The lowest BCUT2D eigenvalue weighted by atomic mass is 10.1. The molecule has 1 aromatic heterocycles. The summed E-state index contributed by atoms with van der Waals surface area (Å²) in [6.07, 6.45) is 2.03. The largest absolute Gasteiger partial charge is 0.340 e. The summed E-state index contributed by atoms with van der Waals surface area (Å²) in [5.74, 6) is 0.0195. The molecule has 21 heavy (non-hydrogen) atoms. The average molecular weight is 316 g/mol. The predicted octanol–water partition coefficient (Wildman–Crippen LogP) is 1.13. The van der Waals surface area contributed by atoms with Gasteiger partial charge in [-0.2, -0.15) is 5.10 Å². The summed E-state index contributed by atoms with van der Waals surface area (Å²) < 4.78 is 23.5. The highest BCUT2D eigenvalue weighted by molar-refractivity contribution is 7.89. The van der Waals surface area contributed by atoms with Gasteiger partial charge in [-0.05, 0) is 18.8 Å². The van der Waals surface area contributed by atoms with Gasteiger partial charge in [0.05, 0.1) is 5.69 Å². The number of aryl methyl sites for hydroxylation is 1. The van der Waals surface area contributed by atoms with Crippen LogP contribution in [0.3, 0.4) is 0 Å². The molecule has 0 aliphatic rings.